The summed E-state index contributed by atoms with van der Waals surface area (Å²) >= 11 is 0. The number of benzene rings is 3. The summed E-state index contributed by atoms with van der Waals surface area (Å²) in [5.41, 5.74) is 3.30. The number of phenolic OH excluding ortho intramolecular Hbond substituents is 1. The average molecular weight is 291 g/mol. The SMILES string of the molecule is O=[N+]([O-])c1cccc(-c2cc(O)cc(-c3ccccc3)c2)c1. The Morgan fingerprint density at radius 2 is 1.36 bits per heavy atom. The lowest BCUT2D eigenvalue weighted by Crippen LogP contribution is -1.88. The summed E-state index contributed by atoms with van der Waals surface area (Å²) < 4.78 is 0. The maximum absolute atomic E-state index is 10.9. The highest BCUT2D eigenvalue weighted by Crippen LogP contribution is 2.32. The zero-order valence-corrected chi connectivity index (χ0v) is 11.6. The van der Waals surface area contributed by atoms with Gasteiger partial charge in [0.15, 0.2) is 0 Å². The average Bonchev–Trinajstić information content (AvgIpc) is 2.55. The first-order valence-corrected chi connectivity index (χ1v) is 6.78. The van der Waals surface area contributed by atoms with Crippen LogP contribution in [0.2, 0.25) is 0 Å². The minimum absolute atomic E-state index is 0.0297. The van der Waals surface area contributed by atoms with Crippen molar-refractivity contribution in [1.29, 1.82) is 0 Å². The summed E-state index contributed by atoms with van der Waals surface area (Å²) in [4.78, 5) is 10.5. The van der Waals surface area contributed by atoms with Crippen molar-refractivity contribution in [3.05, 3.63) is 82.9 Å². The number of rotatable bonds is 3. The summed E-state index contributed by atoms with van der Waals surface area (Å²) in [6.07, 6.45) is 0. The molecule has 0 spiro atoms. The van der Waals surface area contributed by atoms with Crippen LogP contribution in [-0.4, -0.2) is 10.0 Å². The number of nitro benzene ring substituents is 1. The molecule has 0 radical (unpaired) electrons. The van der Waals surface area contributed by atoms with Gasteiger partial charge in [-0.1, -0.05) is 42.5 Å². The van der Waals surface area contributed by atoms with E-state index in [1.807, 2.05) is 36.4 Å². The van der Waals surface area contributed by atoms with Gasteiger partial charge in [-0.15, -0.1) is 0 Å². The van der Waals surface area contributed by atoms with E-state index >= 15 is 0 Å². The third-order valence-corrected chi connectivity index (χ3v) is 3.42. The van der Waals surface area contributed by atoms with Crippen molar-refractivity contribution in [2.75, 3.05) is 0 Å². The zero-order chi connectivity index (χ0) is 15.5. The molecule has 0 aliphatic heterocycles. The van der Waals surface area contributed by atoms with Gasteiger partial charge in [0.1, 0.15) is 5.75 Å². The number of non-ortho nitro benzene ring substituents is 1. The standard InChI is InChI=1S/C18H13NO3/c20-18-11-15(13-5-2-1-3-6-13)9-16(12-18)14-7-4-8-17(10-14)19(21)22/h1-12,20H. The molecule has 0 aromatic heterocycles. The number of hydrogen-bond donors (Lipinski definition) is 1. The third kappa shape index (κ3) is 2.81. The maximum atomic E-state index is 10.9. The second-order valence-corrected chi connectivity index (χ2v) is 4.94. The van der Waals surface area contributed by atoms with Crippen molar-refractivity contribution in [2.24, 2.45) is 0 Å². The molecule has 1 N–H and O–H groups in total. The molecule has 0 saturated heterocycles. The molecule has 0 aliphatic rings. The Morgan fingerprint density at radius 3 is 2.05 bits per heavy atom. The topological polar surface area (TPSA) is 63.4 Å². The van der Waals surface area contributed by atoms with E-state index in [1.54, 1.807) is 24.3 Å². The van der Waals surface area contributed by atoms with Crippen LogP contribution in [-0.2, 0) is 0 Å². The van der Waals surface area contributed by atoms with Crippen LogP contribution < -0.4 is 0 Å². The molecule has 4 heteroatoms. The molecule has 0 bridgehead atoms. The first-order chi connectivity index (χ1) is 10.6. The van der Waals surface area contributed by atoms with Crippen LogP contribution in [0.1, 0.15) is 0 Å². The maximum Gasteiger partial charge on any atom is 0.270 e. The fourth-order valence-electron chi connectivity index (χ4n) is 2.37. The Morgan fingerprint density at radius 1 is 0.727 bits per heavy atom. The summed E-state index contributed by atoms with van der Waals surface area (Å²) in [5.74, 6) is 0.128. The molecular weight excluding hydrogens is 278 g/mol. The van der Waals surface area contributed by atoms with E-state index in [0.29, 0.717) is 5.56 Å². The van der Waals surface area contributed by atoms with E-state index < -0.39 is 4.92 Å². The molecule has 0 heterocycles. The van der Waals surface area contributed by atoms with Crippen molar-refractivity contribution in [2.45, 2.75) is 0 Å². The smallest absolute Gasteiger partial charge is 0.270 e. The number of aromatic hydroxyl groups is 1. The molecule has 0 amide bonds. The van der Waals surface area contributed by atoms with E-state index in [2.05, 4.69) is 0 Å². The van der Waals surface area contributed by atoms with Crippen LogP contribution in [0.25, 0.3) is 22.3 Å². The Hall–Kier alpha value is -3.14. The number of phenols is 1. The Kier molecular flexibility index (Phi) is 3.58. The summed E-state index contributed by atoms with van der Waals surface area (Å²) in [5, 5.41) is 20.9. The van der Waals surface area contributed by atoms with E-state index in [0.717, 1.165) is 16.7 Å². The molecule has 3 aromatic rings. The van der Waals surface area contributed by atoms with Gasteiger partial charge in [0.2, 0.25) is 0 Å². The van der Waals surface area contributed by atoms with E-state index in [4.69, 9.17) is 0 Å². The first-order valence-electron chi connectivity index (χ1n) is 6.78. The zero-order valence-electron chi connectivity index (χ0n) is 11.6. The highest BCUT2D eigenvalue weighted by Gasteiger charge is 2.09. The van der Waals surface area contributed by atoms with Gasteiger partial charge in [0.25, 0.3) is 5.69 Å². The van der Waals surface area contributed by atoms with Crippen LogP contribution in [0.15, 0.2) is 72.8 Å². The quantitative estimate of drug-likeness (QED) is 0.565. The van der Waals surface area contributed by atoms with Gasteiger partial charge in [-0.25, -0.2) is 0 Å². The fraction of sp³-hybridized carbons (Fsp3) is 0. The van der Waals surface area contributed by atoms with Crippen molar-refractivity contribution < 1.29 is 10.0 Å². The molecule has 0 aliphatic carbocycles. The lowest BCUT2D eigenvalue weighted by Gasteiger charge is -2.07. The highest BCUT2D eigenvalue weighted by molar-refractivity contribution is 5.75. The largest absolute Gasteiger partial charge is 0.508 e. The van der Waals surface area contributed by atoms with Crippen molar-refractivity contribution in [3.63, 3.8) is 0 Å². The molecule has 0 saturated carbocycles. The van der Waals surface area contributed by atoms with Crippen LogP contribution in [0.3, 0.4) is 0 Å². The lowest BCUT2D eigenvalue weighted by atomic mass is 9.98. The van der Waals surface area contributed by atoms with Crippen molar-refractivity contribution in [3.8, 4) is 28.0 Å². The molecule has 108 valence electrons. The second kappa shape index (κ2) is 5.69. The summed E-state index contributed by atoms with van der Waals surface area (Å²) in [7, 11) is 0. The van der Waals surface area contributed by atoms with Gasteiger partial charge in [0, 0.05) is 12.1 Å². The molecule has 4 nitrogen and oxygen atoms in total. The predicted molar refractivity (Wildman–Crippen MR) is 85.6 cm³/mol. The van der Waals surface area contributed by atoms with Crippen LogP contribution in [0.5, 0.6) is 5.75 Å². The number of nitro groups is 1. The van der Waals surface area contributed by atoms with Gasteiger partial charge in [0.05, 0.1) is 4.92 Å². The van der Waals surface area contributed by atoms with Crippen LogP contribution in [0, 0.1) is 10.1 Å². The minimum Gasteiger partial charge on any atom is -0.508 e. The summed E-state index contributed by atoms with van der Waals surface area (Å²) in [6, 6.07) is 21.2. The third-order valence-electron chi connectivity index (χ3n) is 3.42. The first kappa shape index (κ1) is 13.8. The molecule has 0 atom stereocenters. The Labute approximate surface area is 127 Å². The second-order valence-electron chi connectivity index (χ2n) is 4.94. The molecule has 3 aromatic carbocycles. The molecule has 0 unspecified atom stereocenters. The van der Waals surface area contributed by atoms with Crippen molar-refractivity contribution in [1.82, 2.24) is 0 Å². The summed E-state index contributed by atoms with van der Waals surface area (Å²) in [6.45, 7) is 0. The Balaban J connectivity index is 2.10. The molecule has 22 heavy (non-hydrogen) atoms. The van der Waals surface area contributed by atoms with E-state index in [9.17, 15) is 15.2 Å². The van der Waals surface area contributed by atoms with Crippen LogP contribution in [0.4, 0.5) is 5.69 Å². The monoisotopic (exact) mass is 291 g/mol. The fourth-order valence-corrected chi connectivity index (χ4v) is 2.37. The molecule has 0 fully saturated rings. The van der Waals surface area contributed by atoms with Gasteiger partial charge in [-0.2, -0.15) is 0 Å². The van der Waals surface area contributed by atoms with Gasteiger partial charge >= 0.3 is 0 Å². The lowest BCUT2D eigenvalue weighted by molar-refractivity contribution is -0.384. The molecule has 3 rings (SSSR count). The van der Waals surface area contributed by atoms with Crippen molar-refractivity contribution >= 4 is 5.69 Å². The predicted octanol–water partition coefficient (Wildman–Crippen LogP) is 4.63. The Bertz CT molecular complexity index is 829. The van der Waals surface area contributed by atoms with E-state index in [-0.39, 0.29) is 11.4 Å². The van der Waals surface area contributed by atoms with Gasteiger partial charge in [-0.3, -0.25) is 10.1 Å². The molecular formula is C18H13NO3. The number of hydrogen-bond acceptors (Lipinski definition) is 3. The minimum atomic E-state index is -0.426. The van der Waals surface area contributed by atoms with E-state index in [1.165, 1.54) is 12.1 Å². The highest BCUT2D eigenvalue weighted by atomic mass is 16.6. The normalized spacial score (nSPS) is 10.4. The number of nitrogens with zero attached hydrogens (tertiary/aromatic N) is 1. The van der Waals surface area contributed by atoms with Gasteiger partial charge in [-0.05, 0) is 40.5 Å². The van der Waals surface area contributed by atoms with Crippen LogP contribution >= 0.6 is 0 Å². The van der Waals surface area contributed by atoms with Gasteiger partial charge < -0.3 is 5.11 Å².